The van der Waals surface area contributed by atoms with Gasteiger partial charge in [-0.15, -0.1) is 0 Å². The molecule has 0 aromatic heterocycles. The maximum absolute atomic E-state index is 10.9. The number of aliphatic carboxylic acids is 1. The van der Waals surface area contributed by atoms with E-state index in [1.165, 1.54) is 19.1 Å². The van der Waals surface area contributed by atoms with E-state index < -0.39 is 24.0 Å². The highest BCUT2D eigenvalue weighted by Crippen LogP contribution is 1.92. The molecule has 0 bridgehead atoms. The molecule has 5 nitrogen and oxygen atoms in total. The molecule has 2 atom stereocenters. The summed E-state index contributed by atoms with van der Waals surface area (Å²) in [5.74, 6) is -1.79. The Morgan fingerprint density at radius 2 is 2.00 bits per heavy atom. The fraction of sp³-hybridized carbons (Fsp3) is 0.500. The minimum atomic E-state index is -1.26. The Bertz CT molecular complexity index is 222. The van der Waals surface area contributed by atoms with Crippen LogP contribution in [0.5, 0.6) is 0 Å². The fourth-order valence-electron chi connectivity index (χ4n) is 0.741. The lowest BCUT2D eigenvalue weighted by atomic mass is 10.2. The summed E-state index contributed by atoms with van der Waals surface area (Å²) in [6.07, 6.45) is 1.56. The van der Waals surface area contributed by atoms with E-state index in [0.29, 0.717) is 0 Å². The summed E-state index contributed by atoms with van der Waals surface area (Å²) in [5.41, 5.74) is 0. The smallest absolute Gasteiger partial charge is 0.328 e. The molecule has 13 heavy (non-hydrogen) atoms. The van der Waals surface area contributed by atoms with E-state index in [9.17, 15) is 9.59 Å². The number of hydrogen-bond acceptors (Lipinski definition) is 3. The number of amides is 1. The van der Waals surface area contributed by atoms with Crippen molar-refractivity contribution in [3.05, 3.63) is 12.2 Å². The molecule has 0 aromatic carbocycles. The Hall–Kier alpha value is -1.36. The molecule has 0 aromatic rings. The van der Waals surface area contributed by atoms with E-state index in [1.54, 1.807) is 6.92 Å². The first-order valence-corrected chi connectivity index (χ1v) is 3.83. The normalized spacial score (nSPS) is 15.3. The third-order valence-corrected chi connectivity index (χ3v) is 1.36. The van der Waals surface area contributed by atoms with Crippen LogP contribution in [-0.2, 0) is 9.59 Å². The zero-order chi connectivity index (χ0) is 10.4. The minimum absolute atomic E-state index is 0.532. The van der Waals surface area contributed by atoms with Gasteiger partial charge in [0.05, 0.1) is 6.10 Å². The molecular weight excluding hydrogens is 174 g/mol. The highest BCUT2D eigenvalue weighted by molar-refractivity contribution is 5.91. The van der Waals surface area contributed by atoms with Crippen LogP contribution in [0.2, 0.25) is 0 Å². The van der Waals surface area contributed by atoms with Crippen molar-refractivity contribution in [3.8, 4) is 0 Å². The van der Waals surface area contributed by atoms with Gasteiger partial charge in [-0.1, -0.05) is 6.08 Å². The summed E-state index contributed by atoms with van der Waals surface area (Å²) >= 11 is 0. The molecule has 0 aliphatic rings. The molecule has 0 saturated carbocycles. The molecule has 0 saturated heterocycles. The van der Waals surface area contributed by atoms with Gasteiger partial charge in [-0.2, -0.15) is 0 Å². The summed E-state index contributed by atoms with van der Waals surface area (Å²) in [6.45, 7) is 2.94. The van der Waals surface area contributed by atoms with E-state index in [1.807, 2.05) is 0 Å². The summed E-state index contributed by atoms with van der Waals surface area (Å²) in [5, 5.41) is 19.7. The van der Waals surface area contributed by atoms with Gasteiger partial charge >= 0.3 is 5.97 Å². The number of hydrogen-bond donors (Lipinski definition) is 3. The van der Waals surface area contributed by atoms with Crippen LogP contribution in [0.15, 0.2) is 12.2 Å². The topological polar surface area (TPSA) is 86.6 Å². The van der Waals surface area contributed by atoms with Crippen LogP contribution in [0.25, 0.3) is 0 Å². The van der Waals surface area contributed by atoms with Crippen LogP contribution in [0.4, 0.5) is 0 Å². The van der Waals surface area contributed by atoms with Crippen LogP contribution in [-0.4, -0.2) is 34.2 Å². The Morgan fingerprint density at radius 3 is 2.31 bits per heavy atom. The molecule has 0 fully saturated rings. The predicted octanol–water partition coefficient (Wildman–Crippen LogP) is -0.487. The molecule has 0 spiro atoms. The van der Waals surface area contributed by atoms with E-state index in [0.717, 1.165) is 0 Å². The number of carboxylic acid groups (broad SMARTS) is 1. The van der Waals surface area contributed by atoms with Crippen molar-refractivity contribution in [2.24, 2.45) is 0 Å². The second kappa shape index (κ2) is 5.31. The highest BCUT2D eigenvalue weighted by Gasteiger charge is 2.23. The van der Waals surface area contributed by atoms with Crippen LogP contribution in [0.3, 0.4) is 0 Å². The zero-order valence-corrected chi connectivity index (χ0v) is 7.52. The first kappa shape index (κ1) is 11.6. The molecule has 5 heteroatoms. The van der Waals surface area contributed by atoms with Gasteiger partial charge in [-0.3, -0.25) is 4.79 Å². The molecule has 3 N–H and O–H groups in total. The molecule has 0 rings (SSSR count). The largest absolute Gasteiger partial charge is 0.480 e. The number of carbonyl (C=O) groups is 2. The van der Waals surface area contributed by atoms with Crippen LogP contribution < -0.4 is 5.32 Å². The number of carbonyl (C=O) groups excluding carboxylic acids is 1. The van der Waals surface area contributed by atoms with Crippen molar-refractivity contribution in [2.45, 2.75) is 26.0 Å². The summed E-state index contributed by atoms with van der Waals surface area (Å²) in [7, 11) is 0. The quantitative estimate of drug-likeness (QED) is 0.518. The van der Waals surface area contributed by atoms with Crippen LogP contribution in [0, 0.1) is 0 Å². The number of carboxylic acids is 1. The monoisotopic (exact) mass is 187 g/mol. The van der Waals surface area contributed by atoms with Crippen molar-refractivity contribution >= 4 is 11.9 Å². The number of rotatable bonds is 4. The third-order valence-electron chi connectivity index (χ3n) is 1.36. The van der Waals surface area contributed by atoms with Gasteiger partial charge in [0.25, 0.3) is 0 Å². The lowest BCUT2D eigenvalue weighted by Gasteiger charge is -2.15. The van der Waals surface area contributed by atoms with Gasteiger partial charge in [0.2, 0.25) is 5.91 Å². The van der Waals surface area contributed by atoms with Gasteiger partial charge in [-0.05, 0) is 19.9 Å². The highest BCUT2D eigenvalue weighted by atomic mass is 16.4. The fourth-order valence-corrected chi connectivity index (χ4v) is 0.741. The molecule has 74 valence electrons. The van der Waals surface area contributed by atoms with Crippen molar-refractivity contribution in [1.82, 2.24) is 5.32 Å². The Labute approximate surface area is 76.1 Å². The van der Waals surface area contributed by atoms with Crippen LogP contribution in [0.1, 0.15) is 13.8 Å². The van der Waals surface area contributed by atoms with Crippen molar-refractivity contribution < 1.29 is 19.8 Å². The predicted molar refractivity (Wildman–Crippen MR) is 46.1 cm³/mol. The second-order valence-electron chi connectivity index (χ2n) is 2.57. The Balaban J connectivity index is 4.27. The molecule has 0 aliphatic heterocycles. The number of allylic oxidation sites excluding steroid dienone is 1. The lowest BCUT2D eigenvalue weighted by Crippen LogP contribution is -2.47. The van der Waals surface area contributed by atoms with Crippen molar-refractivity contribution in [2.75, 3.05) is 0 Å². The van der Waals surface area contributed by atoms with Crippen LogP contribution >= 0.6 is 0 Å². The number of nitrogens with one attached hydrogen (secondary N) is 1. The molecule has 2 unspecified atom stereocenters. The first-order valence-electron chi connectivity index (χ1n) is 3.83. The number of aliphatic hydroxyl groups is 1. The van der Waals surface area contributed by atoms with E-state index in [4.69, 9.17) is 10.2 Å². The standard InChI is InChI=1S/C8H13NO4/c1-3-4-6(11)9-7(5(2)10)8(12)13/h3-5,7,10H,1-2H3,(H,9,11)(H,12,13)/b4-3+. The zero-order valence-electron chi connectivity index (χ0n) is 7.52. The summed E-state index contributed by atoms with van der Waals surface area (Å²) in [4.78, 5) is 21.4. The first-order chi connectivity index (χ1) is 5.99. The van der Waals surface area contributed by atoms with E-state index >= 15 is 0 Å². The minimum Gasteiger partial charge on any atom is -0.480 e. The SMILES string of the molecule is C/C=C/C(=O)NC(C(=O)O)C(C)O. The van der Waals surface area contributed by atoms with Crippen molar-refractivity contribution in [3.63, 3.8) is 0 Å². The number of aliphatic hydroxyl groups excluding tert-OH is 1. The molecule has 0 radical (unpaired) electrons. The maximum Gasteiger partial charge on any atom is 0.328 e. The molecule has 0 heterocycles. The van der Waals surface area contributed by atoms with E-state index in [-0.39, 0.29) is 0 Å². The average molecular weight is 187 g/mol. The summed E-state index contributed by atoms with van der Waals surface area (Å²) < 4.78 is 0. The Morgan fingerprint density at radius 1 is 1.46 bits per heavy atom. The van der Waals surface area contributed by atoms with Crippen molar-refractivity contribution in [1.29, 1.82) is 0 Å². The van der Waals surface area contributed by atoms with Gasteiger partial charge in [-0.25, -0.2) is 4.79 Å². The van der Waals surface area contributed by atoms with Gasteiger partial charge < -0.3 is 15.5 Å². The van der Waals surface area contributed by atoms with Gasteiger partial charge in [0, 0.05) is 0 Å². The van der Waals surface area contributed by atoms with Gasteiger partial charge in [0.15, 0.2) is 6.04 Å². The summed E-state index contributed by atoms with van der Waals surface area (Å²) in [6, 6.07) is -1.26. The maximum atomic E-state index is 10.9. The molecule has 0 aliphatic carbocycles. The average Bonchev–Trinajstić information content (AvgIpc) is 1.99. The second-order valence-corrected chi connectivity index (χ2v) is 2.57. The Kier molecular flexibility index (Phi) is 4.76. The lowest BCUT2D eigenvalue weighted by molar-refractivity contribution is -0.144. The van der Waals surface area contributed by atoms with E-state index in [2.05, 4.69) is 5.32 Å². The van der Waals surface area contributed by atoms with Gasteiger partial charge in [0.1, 0.15) is 0 Å². The third kappa shape index (κ3) is 4.27. The molecular formula is C8H13NO4. The molecule has 1 amide bonds.